The molecule has 7 heteroatoms. The van der Waals surface area contributed by atoms with Gasteiger partial charge < -0.3 is 20.9 Å². The molecule has 0 fully saturated rings. The van der Waals surface area contributed by atoms with E-state index in [0.29, 0.717) is 19.0 Å². The van der Waals surface area contributed by atoms with E-state index in [9.17, 15) is 4.79 Å². The highest BCUT2D eigenvalue weighted by Crippen LogP contribution is 1.99. The third-order valence-corrected chi connectivity index (χ3v) is 3.83. The molecule has 0 aliphatic heterocycles. The van der Waals surface area contributed by atoms with Gasteiger partial charge >= 0.3 is 0 Å². The zero-order chi connectivity index (χ0) is 17.5. The Balaban J connectivity index is 0. The van der Waals surface area contributed by atoms with Gasteiger partial charge in [-0.15, -0.1) is 24.0 Å². The van der Waals surface area contributed by atoms with Crippen molar-refractivity contribution < 1.29 is 4.79 Å². The lowest BCUT2D eigenvalue weighted by atomic mass is 10.2. The number of guanidine groups is 1. The van der Waals surface area contributed by atoms with Crippen LogP contribution in [0, 0.1) is 0 Å². The van der Waals surface area contributed by atoms with E-state index >= 15 is 0 Å². The molecule has 24 heavy (non-hydrogen) atoms. The number of hydrogen-bond acceptors (Lipinski definition) is 3. The summed E-state index contributed by atoms with van der Waals surface area (Å²) in [5.74, 6) is 0.853. The van der Waals surface area contributed by atoms with Gasteiger partial charge in [0.05, 0.1) is 0 Å². The van der Waals surface area contributed by atoms with E-state index in [0.717, 1.165) is 45.0 Å². The Kier molecular flexibility index (Phi) is 18.5. The molecule has 0 aromatic rings. The first-order valence-corrected chi connectivity index (χ1v) is 9.03. The molecule has 3 N–H and O–H groups in total. The van der Waals surface area contributed by atoms with Crippen molar-refractivity contribution in [1.29, 1.82) is 0 Å². The van der Waals surface area contributed by atoms with Crippen LogP contribution in [0.5, 0.6) is 0 Å². The summed E-state index contributed by atoms with van der Waals surface area (Å²) in [6.07, 6.45) is 3.71. The molecule has 1 unspecified atom stereocenters. The van der Waals surface area contributed by atoms with Crippen LogP contribution in [0.4, 0.5) is 0 Å². The van der Waals surface area contributed by atoms with Gasteiger partial charge in [-0.1, -0.05) is 20.8 Å². The predicted octanol–water partition coefficient (Wildman–Crippen LogP) is 2.20. The maximum Gasteiger partial charge on any atom is 0.221 e. The first-order chi connectivity index (χ1) is 11.1. The number of rotatable bonds is 12. The monoisotopic (exact) mass is 455 g/mol. The zero-order valence-corrected chi connectivity index (χ0v) is 18.5. The average Bonchev–Trinajstić information content (AvgIpc) is 2.55. The molecule has 0 aromatic heterocycles. The van der Waals surface area contributed by atoms with Crippen LogP contribution in [-0.4, -0.2) is 62.6 Å². The highest BCUT2D eigenvalue weighted by Gasteiger charge is 2.07. The van der Waals surface area contributed by atoms with Crippen molar-refractivity contribution in [3.05, 3.63) is 0 Å². The molecule has 1 amide bonds. The molecule has 0 saturated carbocycles. The SMILES string of the molecule is CCCNC(=O)CCNC(=NC)NC(C)CCCN(CC)CC.I. The minimum Gasteiger partial charge on any atom is -0.356 e. The Hall–Kier alpha value is -0.570. The van der Waals surface area contributed by atoms with Crippen LogP contribution in [0.25, 0.3) is 0 Å². The third kappa shape index (κ3) is 13.8. The lowest BCUT2D eigenvalue weighted by Gasteiger charge is -2.21. The lowest BCUT2D eigenvalue weighted by Crippen LogP contribution is -2.43. The second-order valence-corrected chi connectivity index (χ2v) is 5.81. The molecule has 144 valence electrons. The molecule has 0 spiro atoms. The largest absolute Gasteiger partial charge is 0.356 e. The van der Waals surface area contributed by atoms with E-state index in [1.165, 1.54) is 6.42 Å². The van der Waals surface area contributed by atoms with Crippen molar-refractivity contribution in [3.63, 3.8) is 0 Å². The minimum absolute atomic E-state index is 0. The number of carbonyl (C=O) groups is 1. The molecular weight excluding hydrogens is 417 g/mol. The van der Waals surface area contributed by atoms with E-state index < -0.39 is 0 Å². The summed E-state index contributed by atoms with van der Waals surface area (Å²) in [6.45, 7) is 13.3. The molecule has 0 saturated heterocycles. The number of carbonyl (C=O) groups excluding carboxylic acids is 1. The van der Waals surface area contributed by atoms with Crippen molar-refractivity contribution in [2.45, 2.75) is 59.4 Å². The second-order valence-electron chi connectivity index (χ2n) is 5.81. The standard InChI is InChI=1S/C17H37N5O.HI/c1-6-12-19-16(23)11-13-20-17(18-5)21-15(4)10-9-14-22(7-2)8-3;/h15H,6-14H2,1-5H3,(H,19,23)(H2,18,20,21);1H. The molecule has 0 heterocycles. The number of hydrogen-bond donors (Lipinski definition) is 3. The van der Waals surface area contributed by atoms with Gasteiger partial charge in [0.25, 0.3) is 0 Å². The van der Waals surface area contributed by atoms with Gasteiger partial charge in [-0.2, -0.15) is 0 Å². The summed E-state index contributed by atoms with van der Waals surface area (Å²) in [5, 5.41) is 9.45. The molecule has 0 bridgehead atoms. The second kappa shape index (κ2) is 17.3. The fourth-order valence-corrected chi connectivity index (χ4v) is 2.31. The van der Waals surface area contributed by atoms with Crippen LogP contribution in [0.1, 0.15) is 53.4 Å². The van der Waals surface area contributed by atoms with E-state index in [1.807, 2.05) is 6.92 Å². The third-order valence-electron chi connectivity index (χ3n) is 3.83. The summed E-state index contributed by atoms with van der Waals surface area (Å²) in [7, 11) is 1.76. The first-order valence-electron chi connectivity index (χ1n) is 9.03. The molecule has 0 aromatic carbocycles. The molecule has 0 aliphatic carbocycles. The Labute approximate surface area is 165 Å². The van der Waals surface area contributed by atoms with E-state index in [4.69, 9.17) is 0 Å². The van der Waals surface area contributed by atoms with Gasteiger partial charge in [-0.25, -0.2) is 0 Å². The van der Waals surface area contributed by atoms with E-state index in [1.54, 1.807) is 7.05 Å². The van der Waals surface area contributed by atoms with E-state index in [-0.39, 0.29) is 29.9 Å². The average molecular weight is 455 g/mol. The van der Waals surface area contributed by atoms with Gasteiger partial charge in [-0.05, 0) is 45.8 Å². The summed E-state index contributed by atoms with van der Waals surface area (Å²) in [4.78, 5) is 18.2. The van der Waals surface area contributed by atoms with Crippen molar-refractivity contribution >= 4 is 35.8 Å². The number of nitrogens with zero attached hydrogens (tertiary/aromatic N) is 2. The number of nitrogens with one attached hydrogen (secondary N) is 3. The summed E-state index contributed by atoms with van der Waals surface area (Å²) in [5.41, 5.74) is 0. The van der Waals surface area contributed by atoms with Crippen LogP contribution in [0.15, 0.2) is 4.99 Å². The Morgan fingerprint density at radius 2 is 1.79 bits per heavy atom. The van der Waals surface area contributed by atoms with Gasteiger partial charge in [0.15, 0.2) is 5.96 Å². The van der Waals surface area contributed by atoms with Crippen LogP contribution >= 0.6 is 24.0 Å². The molecule has 0 radical (unpaired) electrons. The highest BCUT2D eigenvalue weighted by molar-refractivity contribution is 14.0. The van der Waals surface area contributed by atoms with Gasteiger partial charge in [0, 0.05) is 32.6 Å². The zero-order valence-electron chi connectivity index (χ0n) is 16.2. The Morgan fingerprint density at radius 1 is 1.12 bits per heavy atom. The highest BCUT2D eigenvalue weighted by atomic mass is 127. The first kappa shape index (κ1) is 25.7. The van der Waals surface area contributed by atoms with Gasteiger partial charge in [0.1, 0.15) is 0 Å². The van der Waals surface area contributed by atoms with Gasteiger partial charge in [0.2, 0.25) is 5.91 Å². The van der Waals surface area contributed by atoms with Crippen LogP contribution < -0.4 is 16.0 Å². The number of aliphatic imine (C=N–C) groups is 1. The minimum atomic E-state index is 0. The van der Waals surface area contributed by atoms with Crippen LogP contribution in [0.2, 0.25) is 0 Å². The van der Waals surface area contributed by atoms with Crippen LogP contribution in [-0.2, 0) is 4.79 Å². The quantitative estimate of drug-likeness (QED) is 0.240. The lowest BCUT2D eigenvalue weighted by molar-refractivity contribution is -0.120. The maximum absolute atomic E-state index is 11.5. The topological polar surface area (TPSA) is 68.8 Å². The number of halogens is 1. The van der Waals surface area contributed by atoms with E-state index in [2.05, 4.69) is 46.6 Å². The summed E-state index contributed by atoms with van der Waals surface area (Å²) in [6, 6.07) is 0.366. The molecule has 0 rings (SSSR count). The Morgan fingerprint density at radius 3 is 2.33 bits per heavy atom. The summed E-state index contributed by atoms with van der Waals surface area (Å²) < 4.78 is 0. The predicted molar refractivity (Wildman–Crippen MR) is 114 cm³/mol. The molecule has 1 atom stereocenters. The smallest absolute Gasteiger partial charge is 0.221 e. The van der Waals surface area contributed by atoms with Crippen molar-refractivity contribution in [2.24, 2.45) is 4.99 Å². The van der Waals surface area contributed by atoms with Gasteiger partial charge in [-0.3, -0.25) is 9.79 Å². The number of amides is 1. The Bertz CT molecular complexity index is 335. The molecule has 0 aliphatic rings. The van der Waals surface area contributed by atoms with Crippen molar-refractivity contribution in [1.82, 2.24) is 20.9 Å². The molecular formula is C17H38IN5O. The fraction of sp³-hybridized carbons (Fsp3) is 0.882. The normalized spacial score (nSPS) is 12.5. The molecule has 6 nitrogen and oxygen atoms in total. The van der Waals surface area contributed by atoms with Crippen LogP contribution in [0.3, 0.4) is 0 Å². The fourth-order valence-electron chi connectivity index (χ4n) is 2.31. The summed E-state index contributed by atoms with van der Waals surface area (Å²) >= 11 is 0. The van der Waals surface area contributed by atoms with Crippen molar-refractivity contribution in [3.8, 4) is 0 Å². The maximum atomic E-state index is 11.5. The van der Waals surface area contributed by atoms with Crippen molar-refractivity contribution in [2.75, 3.05) is 39.8 Å².